The quantitative estimate of drug-likeness (QED) is 0.867. The standard InChI is InChI=1S/C12H18N2O3S/c1-2-4-9-10(15)13-12(17)14(11(9)16)8-5-3-6-18-7-8/h8,16H,2-7H2,1H3,(H,13,15,17). The number of nitrogens with zero attached hydrogens (tertiary/aromatic N) is 1. The molecule has 6 heteroatoms. The lowest BCUT2D eigenvalue weighted by atomic mass is 10.1. The molecule has 0 bridgehead atoms. The number of hydrogen-bond donors (Lipinski definition) is 2. The molecule has 2 N–H and O–H groups in total. The summed E-state index contributed by atoms with van der Waals surface area (Å²) in [7, 11) is 0. The molecule has 1 aromatic heterocycles. The minimum Gasteiger partial charge on any atom is -0.494 e. The van der Waals surface area contributed by atoms with E-state index in [1.165, 1.54) is 4.57 Å². The van der Waals surface area contributed by atoms with Crippen LogP contribution in [-0.2, 0) is 6.42 Å². The van der Waals surface area contributed by atoms with Gasteiger partial charge < -0.3 is 5.11 Å². The molecule has 0 radical (unpaired) electrons. The van der Waals surface area contributed by atoms with Gasteiger partial charge in [-0.05, 0) is 25.0 Å². The van der Waals surface area contributed by atoms with E-state index in [4.69, 9.17) is 0 Å². The van der Waals surface area contributed by atoms with E-state index in [1.807, 2.05) is 6.92 Å². The van der Waals surface area contributed by atoms with Gasteiger partial charge in [-0.1, -0.05) is 13.3 Å². The predicted octanol–water partition coefficient (Wildman–Crippen LogP) is 1.26. The minimum absolute atomic E-state index is 0.0105. The molecule has 0 aliphatic carbocycles. The molecule has 0 amide bonds. The Balaban J connectivity index is 2.48. The van der Waals surface area contributed by atoms with Crippen molar-refractivity contribution in [2.75, 3.05) is 11.5 Å². The fourth-order valence-corrected chi connectivity index (χ4v) is 3.44. The second-order valence-electron chi connectivity index (χ2n) is 4.55. The van der Waals surface area contributed by atoms with Gasteiger partial charge >= 0.3 is 5.69 Å². The van der Waals surface area contributed by atoms with Crippen LogP contribution in [0.2, 0.25) is 0 Å². The van der Waals surface area contributed by atoms with Crippen molar-refractivity contribution < 1.29 is 5.11 Å². The number of hydrogen-bond acceptors (Lipinski definition) is 4. The minimum atomic E-state index is -0.496. The number of thioether (sulfide) groups is 1. The first-order valence-corrected chi connectivity index (χ1v) is 7.45. The van der Waals surface area contributed by atoms with Crippen LogP contribution in [0.25, 0.3) is 0 Å². The maximum absolute atomic E-state index is 11.9. The van der Waals surface area contributed by atoms with Gasteiger partial charge in [0.1, 0.15) is 0 Å². The summed E-state index contributed by atoms with van der Waals surface area (Å²) < 4.78 is 1.36. The van der Waals surface area contributed by atoms with Crippen LogP contribution >= 0.6 is 11.8 Å². The molecular formula is C12H18N2O3S. The lowest BCUT2D eigenvalue weighted by Gasteiger charge is -2.24. The molecule has 0 aromatic carbocycles. The number of H-pyrrole nitrogens is 1. The van der Waals surface area contributed by atoms with Crippen LogP contribution in [0, 0.1) is 0 Å². The number of rotatable bonds is 3. The van der Waals surface area contributed by atoms with Crippen molar-refractivity contribution in [2.24, 2.45) is 0 Å². The number of aromatic nitrogens is 2. The second-order valence-corrected chi connectivity index (χ2v) is 5.70. The average molecular weight is 270 g/mol. The maximum atomic E-state index is 11.9. The third-order valence-corrected chi connectivity index (χ3v) is 4.41. The van der Waals surface area contributed by atoms with Gasteiger partial charge in [0.25, 0.3) is 5.56 Å². The largest absolute Gasteiger partial charge is 0.494 e. The molecule has 1 aliphatic heterocycles. The first kappa shape index (κ1) is 13.3. The van der Waals surface area contributed by atoms with Gasteiger partial charge in [-0.2, -0.15) is 11.8 Å². The van der Waals surface area contributed by atoms with E-state index in [1.54, 1.807) is 11.8 Å². The van der Waals surface area contributed by atoms with E-state index in [-0.39, 0.29) is 11.9 Å². The number of aromatic amines is 1. The number of nitrogens with one attached hydrogen (secondary N) is 1. The SMILES string of the molecule is CCCc1c(O)n(C2CCCSC2)c(=O)[nH]c1=O. The van der Waals surface area contributed by atoms with E-state index in [0.29, 0.717) is 12.0 Å². The summed E-state index contributed by atoms with van der Waals surface area (Å²) in [6.07, 6.45) is 3.15. The second kappa shape index (κ2) is 5.65. The third-order valence-electron chi connectivity index (χ3n) is 3.21. The predicted molar refractivity (Wildman–Crippen MR) is 72.6 cm³/mol. The fourth-order valence-electron chi connectivity index (χ4n) is 2.32. The summed E-state index contributed by atoms with van der Waals surface area (Å²) in [5.41, 5.74) is -0.628. The monoisotopic (exact) mass is 270 g/mol. The molecule has 1 aliphatic rings. The van der Waals surface area contributed by atoms with Crippen LogP contribution in [0.15, 0.2) is 9.59 Å². The molecule has 1 saturated heterocycles. The zero-order chi connectivity index (χ0) is 13.1. The number of aromatic hydroxyl groups is 1. The molecule has 1 fully saturated rings. The first-order valence-electron chi connectivity index (χ1n) is 6.29. The van der Waals surface area contributed by atoms with Gasteiger partial charge in [0.05, 0.1) is 11.6 Å². The summed E-state index contributed by atoms with van der Waals surface area (Å²) >= 11 is 1.78. The highest BCUT2D eigenvalue weighted by atomic mass is 32.2. The Kier molecular flexibility index (Phi) is 4.16. The summed E-state index contributed by atoms with van der Waals surface area (Å²) in [5, 5.41) is 10.2. The Hall–Kier alpha value is -1.17. The van der Waals surface area contributed by atoms with E-state index >= 15 is 0 Å². The van der Waals surface area contributed by atoms with Crippen molar-refractivity contribution >= 4 is 11.8 Å². The lowest BCUT2D eigenvalue weighted by molar-refractivity contribution is 0.355. The molecule has 18 heavy (non-hydrogen) atoms. The van der Waals surface area contributed by atoms with Crippen LogP contribution in [0.5, 0.6) is 5.88 Å². The summed E-state index contributed by atoms with van der Waals surface area (Å²) in [5.74, 6) is 1.76. The van der Waals surface area contributed by atoms with Gasteiger partial charge in [0.15, 0.2) is 0 Å². The Morgan fingerprint density at radius 2 is 2.28 bits per heavy atom. The highest BCUT2D eigenvalue weighted by Gasteiger charge is 2.22. The smallest absolute Gasteiger partial charge is 0.331 e. The van der Waals surface area contributed by atoms with Gasteiger partial charge in [0.2, 0.25) is 5.88 Å². The molecule has 5 nitrogen and oxygen atoms in total. The van der Waals surface area contributed by atoms with Crippen LogP contribution in [0.4, 0.5) is 0 Å². The van der Waals surface area contributed by atoms with Gasteiger partial charge in [-0.3, -0.25) is 14.3 Å². The zero-order valence-electron chi connectivity index (χ0n) is 10.4. The summed E-state index contributed by atoms with van der Waals surface area (Å²) in [6.45, 7) is 1.94. The van der Waals surface area contributed by atoms with Crippen LogP contribution in [0.1, 0.15) is 37.8 Å². The Labute approximate surface area is 109 Å². The lowest BCUT2D eigenvalue weighted by Crippen LogP contribution is -2.36. The Morgan fingerprint density at radius 1 is 1.50 bits per heavy atom. The highest BCUT2D eigenvalue weighted by molar-refractivity contribution is 7.99. The van der Waals surface area contributed by atoms with E-state index in [9.17, 15) is 14.7 Å². The molecule has 100 valence electrons. The molecule has 1 unspecified atom stereocenters. The van der Waals surface area contributed by atoms with Crippen LogP contribution in [-0.4, -0.2) is 26.2 Å². The van der Waals surface area contributed by atoms with Crippen molar-refractivity contribution in [1.29, 1.82) is 0 Å². The van der Waals surface area contributed by atoms with E-state index in [2.05, 4.69) is 4.98 Å². The Bertz CT molecular complexity index is 529. The van der Waals surface area contributed by atoms with Crippen molar-refractivity contribution in [2.45, 2.75) is 38.6 Å². The van der Waals surface area contributed by atoms with Crippen LogP contribution in [0.3, 0.4) is 0 Å². The summed E-state index contributed by atoms with van der Waals surface area (Å²) in [4.78, 5) is 25.8. The molecule has 0 saturated carbocycles. The van der Waals surface area contributed by atoms with Gasteiger partial charge in [-0.25, -0.2) is 4.79 Å². The molecule has 2 heterocycles. The summed E-state index contributed by atoms with van der Waals surface area (Å²) in [6, 6.07) is -0.0105. The highest BCUT2D eigenvalue weighted by Crippen LogP contribution is 2.28. The van der Waals surface area contributed by atoms with Crippen molar-refractivity contribution in [3.63, 3.8) is 0 Å². The molecule has 1 atom stereocenters. The van der Waals surface area contributed by atoms with Crippen molar-refractivity contribution in [1.82, 2.24) is 9.55 Å². The van der Waals surface area contributed by atoms with Crippen molar-refractivity contribution in [3.05, 3.63) is 26.4 Å². The van der Waals surface area contributed by atoms with Gasteiger partial charge in [-0.15, -0.1) is 0 Å². The molecule has 2 rings (SSSR count). The van der Waals surface area contributed by atoms with Crippen molar-refractivity contribution in [3.8, 4) is 5.88 Å². The maximum Gasteiger partial charge on any atom is 0.331 e. The van der Waals surface area contributed by atoms with Gasteiger partial charge in [0, 0.05) is 5.75 Å². The van der Waals surface area contributed by atoms with E-state index in [0.717, 1.165) is 30.8 Å². The molecule has 1 aromatic rings. The molecular weight excluding hydrogens is 252 g/mol. The Morgan fingerprint density at radius 3 is 2.89 bits per heavy atom. The molecule has 0 spiro atoms. The van der Waals surface area contributed by atoms with Crippen LogP contribution < -0.4 is 11.2 Å². The van der Waals surface area contributed by atoms with E-state index < -0.39 is 11.2 Å². The fraction of sp³-hybridized carbons (Fsp3) is 0.667. The third kappa shape index (κ3) is 2.48. The first-order chi connectivity index (χ1) is 8.65. The normalized spacial score (nSPS) is 19.9. The zero-order valence-corrected chi connectivity index (χ0v) is 11.3. The topological polar surface area (TPSA) is 75.1 Å². The average Bonchev–Trinajstić information content (AvgIpc) is 2.35.